The summed E-state index contributed by atoms with van der Waals surface area (Å²) < 4.78 is 30.8. The van der Waals surface area contributed by atoms with Gasteiger partial charge in [0.25, 0.3) is 0 Å². The van der Waals surface area contributed by atoms with Crippen molar-refractivity contribution in [2.45, 2.75) is 18.2 Å². The number of nitrogens with zero attached hydrogens (tertiary/aromatic N) is 1. The van der Waals surface area contributed by atoms with Gasteiger partial charge in [-0.2, -0.15) is 4.31 Å². The molecule has 0 spiro atoms. The first-order chi connectivity index (χ1) is 8.57. The fourth-order valence-electron chi connectivity index (χ4n) is 2.16. The Morgan fingerprint density at radius 1 is 1.50 bits per heavy atom. The highest BCUT2D eigenvalue weighted by Gasteiger charge is 2.37. The normalized spacial score (nSPS) is 23.1. The molecule has 0 aromatic heterocycles. The van der Waals surface area contributed by atoms with Gasteiger partial charge in [-0.3, -0.25) is 0 Å². The summed E-state index contributed by atoms with van der Waals surface area (Å²) in [5.41, 5.74) is 6.41. The second-order valence-corrected chi connectivity index (χ2v) is 6.59. The first kappa shape index (κ1) is 13.3. The molecule has 1 heterocycles. The SMILES string of the molecule is COc1cccc(CN2CCC(CN)S2(=O)=O)c1. The van der Waals surface area contributed by atoms with Gasteiger partial charge in [-0.05, 0) is 24.1 Å². The van der Waals surface area contributed by atoms with Crippen molar-refractivity contribution in [3.05, 3.63) is 29.8 Å². The van der Waals surface area contributed by atoms with E-state index in [4.69, 9.17) is 10.5 Å². The number of nitrogens with two attached hydrogens (primary N) is 1. The van der Waals surface area contributed by atoms with Crippen molar-refractivity contribution in [1.29, 1.82) is 0 Å². The molecule has 1 aliphatic heterocycles. The quantitative estimate of drug-likeness (QED) is 0.867. The van der Waals surface area contributed by atoms with E-state index in [0.29, 0.717) is 19.5 Å². The molecule has 0 saturated carbocycles. The molecule has 1 atom stereocenters. The molecule has 18 heavy (non-hydrogen) atoms. The van der Waals surface area contributed by atoms with Crippen molar-refractivity contribution in [1.82, 2.24) is 4.31 Å². The van der Waals surface area contributed by atoms with Crippen molar-refractivity contribution in [2.75, 3.05) is 20.2 Å². The van der Waals surface area contributed by atoms with Crippen LogP contribution in [0.25, 0.3) is 0 Å². The third kappa shape index (κ3) is 2.50. The molecule has 0 aliphatic carbocycles. The number of hydrogen-bond donors (Lipinski definition) is 1. The minimum atomic E-state index is -3.23. The van der Waals surface area contributed by atoms with Crippen molar-refractivity contribution in [2.24, 2.45) is 5.73 Å². The number of ether oxygens (including phenoxy) is 1. The molecular formula is C12H18N2O3S. The van der Waals surface area contributed by atoms with Gasteiger partial charge in [-0.25, -0.2) is 8.42 Å². The van der Waals surface area contributed by atoms with Crippen LogP contribution in [0, 0.1) is 0 Å². The highest BCUT2D eigenvalue weighted by molar-refractivity contribution is 7.90. The Morgan fingerprint density at radius 3 is 2.89 bits per heavy atom. The maximum Gasteiger partial charge on any atom is 0.218 e. The van der Waals surface area contributed by atoms with Gasteiger partial charge in [-0.1, -0.05) is 12.1 Å². The lowest BCUT2D eigenvalue weighted by atomic mass is 10.2. The molecule has 1 fully saturated rings. The fourth-order valence-corrected chi connectivity index (χ4v) is 3.91. The third-order valence-electron chi connectivity index (χ3n) is 3.24. The number of sulfonamides is 1. The smallest absolute Gasteiger partial charge is 0.218 e. The van der Waals surface area contributed by atoms with Crippen LogP contribution in [0.4, 0.5) is 0 Å². The van der Waals surface area contributed by atoms with Crippen LogP contribution < -0.4 is 10.5 Å². The molecule has 2 rings (SSSR count). The lowest BCUT2D eigenvalue weighted by Crippen LogP contribution is -2.32. The summed E-state index contributed by atoms with van der Waals surface area (Å²) in [6, 6.07) is 7.45. The van der Waals surface area contributed by atoms with Gasteiger partial charge < -0.3 is 10.5 Å². The molecule has 1 aliphatic rings. The van der Waals surface area contributed by atoms with E-state index in [0.717, 1.165) is 11.3 Å². The van der Waals surface area contributed by atoms with Crippen LogP contribution in [-0.4, -0.2) is 38.2 Å². The largest absolute Gasteiger partial charge is 0.497 e. The van der Waals surface area contributed by atoms with Gasteiger partial charge in [0.2, 0.25) is 10.0 Å². The van der Waals surface area contributed by atoms with E-state index in [9.17, 15) is 8.42 Å². The highest BCUT2D eigenvalue weighted by Crippen LogP contribution is 2.24. The monoisotopic (exact) mass is 270 g/mol. The van der Waals surface area contributed by atoms with Gasteiger partial charge in [0.05, 0.1) is 12.4 Å². The molecule has 100 valence electrons. The van der Waals surface area contributed by atoms with Gasteiger partial charge in [0.1, 0.15) is 5.75 Å². The molecule has 1 saturated heterocycles. The van der Waals surface area contributed by atoms with E-state index in [1.54, 1.807) is 7.11 Å². The standard InChI is InChI=1S/C12H18N2O3S/c1-17-11-4-2-3-10(7-11)9-14-6-5-12(8-13)18(14,15)16/h2-4,7,12H,5-6,8-9,13H2,1H3. The summed E-state index contributed by atoms with van der Waals surface area (Å²) in [5.74, 6) is 0.736. The Hall–Kier alpha value is -1.11. The Bertz CT molecular complexity index is 516. The Labute approximate surface area is 108 Å². The van der Waals surface area contributed by atoms with Crippen LogP contribution in [0.5, 0.6) is 5.75 Å². The average Bonchev–Trinajstić information content (AvgIpc) is 2.65. The minimum Gasteiger partial charge on any atom is -0.497 e. The molecule has 0 bridgehead atoms. The topological polar surface area (TPSA) is 72.6 Å². The summed E-state index contributed by atoms with van der Waals surface area (Å²) in [6.45, 7) is 1.12. The molecule has 6 heteroatoms. The maximum absolute atomic E-state index is 12.1. The van der Waals surface area contributed by atoms with Crippen LogP contribution >= 0.6 is 0 Å². The molecule has 2 N–H and O–H groups in total. The Kier molecular flexibility index (Phi) is 3.89. The van der Waals surface area contributed by atoms with E-state index in [1.807, 2.05) is 24.3 Å². The maximum atomic E-state index is 12.1. The molecule has 0 radical (unpaired) electrons. The second-order valence-electron chi connectivity index (χ2n) is 4.38. The molecule has 0 amide bonds. The van der Waals surface area contributed by atoms with Crippen LogP contribution in [-0.2, 0) is 16.6 Å². The molecule has 1 unspecified atom stereocenters. The van der Waals surface area contributed by atoms with Gasteiger partial charge in [0.15, 0.2) is 0 Å². The third-order valence-corrected chi connectivity index (χ3v) is 5.54. The lowest BCUT2D eigenvalue weighted by Gasteiger charge is -2.16. The number of rotatable bonds is 4. The van der Waals surface area contributed by atoms with Crippen LogP contribution in [0.2, 0.25) is 0 Å². The summed E-state index contributed by atoms with van der Waals surface area (Å²) in [5, 5.41) is -0.428. The zero-order valence-electron chi connectivity index (χ0n) is 10.4. The minimum absolute atomic E-state index is 0.191. The van der Waals surface area contributed by atoms with Crippen molar-refractivity contribution >= 4 is 10.0 Å². The van der Waals surface area contributed by atoms with E-state index in [1.165, 1.54) is 4.31 Å². The first-order valence-corrected chi connectivity index (χ1v) is 7.40. The lowest BCUT2D eigenvalue weighted by molar-refractivity contribution is 0.410. The van der Waals surface area contributed by atoms with Crippen molar-refractivity contribution < 1.29 is 13.2 Å². The Morgan fingerprint density at radius 2 is 2.28 bits per heavy atom. The van der Waals surface area contributed by atoms with Gasteiger partial charge >= 0.3 is 0 Å². The van der Waals surface area contributed by atoms with Crippen LogP contribution in [0.15, 0.2) is 24.3 Å². The summed E-state index contributed by atoms with van der Waals surface area (Å²) >= 11 is 0. The molecular weight excluding hydrogens is 252 g/mol. The summed E-state index contributed by atoms with van der Waals surface area (Å²) in [4.78, 5) is 0. The second kappa shape index (κ2) is 5.26. The summed E-state index contributed by atoms with van der Waals surface area (Å²) in [7, 11) is -1.63. The average molecular weight is 270 g/mol. The number of benzene rings is 1. The number of hydrogen-bond acceptors (Lipinski definition) is 4. The summed E-state index contributed by atoms with van der Waals surface area (Å²) in [6.07, 6.45) is 0.614. The van der Waals surface area contributed by atoms with E-state index >= 15 is 0 Å². The van der Waals surface area contributed by atoms with Crippen LogP contribution in [0.1, 0.15) is 12.0 Å². The zero-order chi connectivity index (χ0) is 13.2. The van der Waals surface area contributed by atoms with E-state index in [-0.39, 0.29) is 6.54 Å². The van der Waals surface area contributed by atoms with Gasteiger partial charge in [0, 0.05) is 19.6 Å². The van der Waals surface area contributed by atoms with Crippen molar-refractivity contribution in [3.63, 3.8) is 0 Å². The van der Waals surface area contributed by atoms with E-state index in [2.05, 4.69) is 0 Å². The van der Waals surface area contributed by atoms with Crippen molar-refractivity contribution in [3.8, 4) is 5.75 Å². The van der Waals surface area contributed by atoms with Crippen LogP contribution in [0.3, 0.4) is 0 Å². The fraction of sp³-hybridized carbons (Fsp3) is 0.500. The molecule has 1 aromatic carbocycles. The predicted molar refractivity (Wildman–Crippen MR) is 69.8 cm³/mol. The zero-order valence-corrected chi connectivity index (χ0v) is 11.2. The molecule has 5 nitrogen and oxygen atoms in total. The van der Waals surface area contributed by atoms with Gasteiger partial charge in [-0.15, -0.1) is 0 Å². The first-order valence-electron chi connectivity index (χ1n) is 5.90. The Balaban J connectivity index is 2.15. The highest BCUT2D eigenvalue weighted by atomic mass is 32.2. The molecule has 1 aromatic rings. The van der Waals surface area contributed by atoms with E-state index < -0.39 is 15.3 Å². The number of methoxy groups -OCH3 is 1. The predicted octanol–water partition coefficient (Wildman–Crippen LogP) is 0.558.